The predicted octanol–water partition coefficient (Wildman–Crippen LogP) is 6.10. The standard InChI is InChI=1S/C31H27N3O6/c1-21-26(32-30(40-21)23-9-5-3-6-10-23)20-38-27-15-13-22(17-28(27)37-2)19-39-31-24(14-16-29(35)36)18-34(33-31)25-11-7-4-8-12-25/h3-18H,19-20H2,1-2H3,(H,35,36)/b16-14+. The molecule has 5 rings (SSSR count). The maximum Gasteiger partial charge on any atom is 0.328 e. The number of para-hydroxylation sites is 1. The Morgan fingerprint density at radius 1 is 0.975 bits per heavy atom. The normalized spacial score (nSPS) is 11.1. The van der Waals surface area contributed by atoms with Crippen LogP contribution in [0.25, 0.3) is 23.2 Å². The van der Waals surface area contributed by atoms with Gasteiger partial charge in [-0.15, -0.1) is 5.10 Å². The lowest BCUT2D eigenvalue weighted by molar-refractivity contribution is -0.131. The van der Waals surface area contributed by atoms with Crippen molar-refractivity contribution in [2.45, 2.75) is 20.1 Å². The predicted molar refractivity (Wildman–Crippen MR) is 149 cm³/mol. The Morgan fingerprint density at radius 3 is 2.45 bits per heavy atom. The molecule has 0 atom stereocenters. The third kappa shape index (κ3) is 6.21. The molecule has 0 unspecified atom stereocenters. The van der Waals surface area contributed by atoms with E-state index in [0.717, 1.165) is 22.9 Å². The van der Waals surface area contributed by atoms with E-state index in [4.69, 9.17) is 23.7 Å². The Kier molecular flexibility index (Phi) is 7.92. The molecule has 2 aromatic heterocycles. The number of hydrogen-bond acceptors (Lipinski definition) is 7. The average molecular weight is 538 g/mol. The number of carbonyl (C=O) groups is 1. The summed E-state index contributed by atoms with van der Waals surface area (Å²) in [6.07, 6.45) is 4.22. The lowest BCUT2D eigenvalue weighted by atomic mass is 10.2. The number of carboxylic acid groups (broad SMARTS) is 1. The molecule has 9 heteroatoms. The van der Waals surface area contributed by atoms with Crippen molar-refractivity contribution >= 4 is 12.0 Å². The molecule has 0 spiro atoms. The van der Waals surface area contributed by atoms with E-state index in [1.54, 1.807) is 24.1 Å². The zero-order chi connectivity index (χ0) is 27.9. The number of hydrogen-bond donors (Lipinski definition) is 1. The van der Waals surface area contributed by atoms with E-state index in [-0.39, 0.29) is 13.2 Å². The lowest BCUT2D eigenvalue weighted by Gasteiger charge is -2.12. The van der Waals surface area contributed by atoms with Gasteiger partial charge in [-0.1, -0.05) is 42.5 Å². The number of methoxy groups -OCH3 is 1. The molecule has 3 aromatic carbocycles. The number of aliphatic carboxylic acids is 1. The van der Waals surface area contributed by atoms with Gasteiger partial charge in [0.15, 0.2) is 11.5 Å². The van der Waals surface area contributed by atoms with Gasteiger partial charge in [0.05, 0.1) is 18.4 Å². The molecule has 2 heterocycles. The Morgan fingerprint density at radius 2 is 1.73 bits per heavy atom. The number of carboxylic acids is 1. The van der Waals surface area contributed by atoms with Crippen LogP contribution in [0.4, 0.5) is 0 Å². The Hall–Kier alpha value is -5.31. The van der Waals surface area contributed by atoms with Crippen molar-refractivity contribution in [2.24, 2.45) is 0 Å². The number of rotatable bonds is 11. The molecule has 202 valence electrons. The molecule has 0 aliphatic rings. The molecule has 40 heavy (non-hydrogen) atoms. The average Bonchev–Trinajstić information content (AvgIpc) is 3.58. The number of aryl methyl sites for hydroxylation is 1. The van der Waals surface area contributed by atoms with Gasteiger partial charge in [-0.3, -0.25) is 0 Å². The van der Waals surface area contributed by atoms with Gasteiger partial charge >= 0.3 is 5.97 Å². The van der Waals surface area contributed by atoms with Crippen molar-refractivity contribution in [3.63, 3.8) is 0 Å². The molecule has 1 N–H and O–H groups in total. The Balaban J connectivity index is 1.29. The van der Waals surface area contributed by atoms with Crippen LogP contribution in [-0.4, -0.2) is 33.0 Å². The molecule has 9 nitrogen and oxygen atoms in total. The van der Waals surface area contributed by atoms with Crippen molar-refractivity contribution < 1.29 is 28.5 Å². The number of oxazole rings is 1. The molecule has 0 saturated heterocycles. The van der Waals surface area contributed by atoms with E-state index in [0.29, 0.717) is 40.3 Å². The minimum Gasteiger partial charge on any atom is -0.493 e. The van der Waals surface area contributed by atoms with E-state index in [1.807, 2.05) is 79.7 Å². The zero-order valence-electron chi connectivity index (χ0n) is 22.0. The molecule has 0 fully saturated rings. The highest BCUT2D eigenvalue weighted by molar-refractivity contribution is 5.85. The largest absolute Gasteiger partial charge is 0.493 e. The van der Waals surface area contributed by atoms with Crippen LogP contribution in [0.1, 0.15) is 22.6 Å². The van der Waals surface area contributed by atoms with Gasteiger partial charge < -0.3 is 23.7 Å². The van der Waals surface area contributed by atoms with Crippen molar-refractivity contribution in [2.75, 3.05) is 7.11 Å². The molecule has 5 aromatic rings. The summed E-state index contributed by atoms with van der Waals surface area (Å²) in [5.74, 6) is 1.56. The van der Waals surface area contributed by atoms with E-state index < -0.39 is 5.97 Å². The Labute approximate surface area is 230 Å². The molecule has 0 amide bonds. The van der Waals surface area contributed by atoms with Crippen LogP contribution in [0.5, 0.6) is 17.4 Å². The molecule has 0 saturated carbocycles. The summed E-state index contributed by atoms with van der Waals surface area (Å²) >= 11 is 0. The summed E-state index contributed by atoms with van der Waals surface area (Å²) in [5.41, 5.74) is 3.77. The first-order valence-corrected chi connectivity index (χ1v) is 12.5. The number of ether oxygens (including phenoxy) is 3. The van der Waals surface area contributed by atoms with Crippen LogP contribution >= 0.6 is 0 Å². The van der Waals surface area contributed by atoms with Crippen molar-refractivity contribution in [1.82, 2.24) is 14.8 Å². The minimum absolute atomic E-state index is 0.180. The Bertz CT molecular complexity index is 1620. The highest BCUT2D eigenvalue weighted by atomic mass is 16.5. The number of aromatic nitrogens is 3. The highest BCUT2D eigenvalue weighted by Gasteiger charge is 2.15. The third-order valence-electron chi connectivity index (χ3n) is 6.01. The fourth-order valence-electron chi connectivity index (χ4n) is 3.96. The molecule has 0 aliphatic heterocycles. The minimum atomic E-state index is -1.06. The van der Waals surface area contributed by atoms with Crippen LogP contribution < -0.4 is 14.2 Å². The second kappa shape index (κ2) is 12.0. The van der Waals surface area contributed by atoms with Gasteiger partial charge in [0.1, 0.15) is 24.7 Å². The second-order valence-corrected chi connectivity index (χ2v) is 8.79. The second-order valence-electron chi connectivity index (χ2n) is 8.79. The lowest BCUT2D eigenvalue weighted by Crippen LogP contribution is -2.02. The summed E-state index contributed by atoms with van der Waals surface area (Å²) in [5, 5.41) is 13.6. The van der Waals surface area contributed by atoms with Crippen LogP contribution in [0.3, 0.4) is 0 Å². The SMILES string of the molecule is COc1cc(COc2nn(-c3ccccc3)cc2/C=C/C(=O)O)ccc1OCc1nc(-c2ccccc2)oc1C. The van der Waals surface area contributed by atoms with Gasteiger partial charge in [-0.25, -0.2) is 14.5 Å². The quantitative estimate of drug-likeness (QED) is 0.201. The summed E-state index contributed by atoms with van der Waals surface area (Å²) in [6.45, 7) is 2.25. The van der Waals surface area contributed by atoms with Crippen LogP contribution in [-0.2, 0) is 18.0 Å². The van der Waals surface area contributed by atoms with Gasteiger partial charge in [0.2, 0.25) is 11.8 Å². The van der Waals surface area contributed by atoms with Crippen molar-refractivity contribution in [1.29, 1.82) is 0 Å². The summed E-state index contributed by atoms with van der Waals surface area (Å²) in [6, 6.07) is 24.7. The van der Waals surface area contributed by atoms with Crippen molar-refractivity contribution in [3.05, 3.63) is 114 Å². The van der Waals surface area contributed by atoms with Gasteiger partial charge in [0.25, 0.3) is 0 Å². The maximum atomic E-state index is 11.1. The molecule has 0 aliphatic carbocycles. The van der Waals surface area contributed by atoms with Crippen LogP contribution in [0.2, 0.25) is 0 Å². The zero-order valence-corrected chi connectivity index (χ0v) is 22.0. The van der Waals surface area contributed by atoms with E-state index in [1.165, 1.54) is 6.08 Å². The monoisotopic (exact) mass is 537 g/mol. The molecule has 0 radical (unpaired) electrons. The fraction of sp³-hybridized carbons (Fsp3) is 0.129. The smallest absolute Gasteiger partial charge is 0.328 e. The molecular formula is C31H27N3O6. The first-order valence-electron chi connectivity index (χ1n) is 12.5. The van der Waals surface area contributed by atoms with E-state index in [2.05, 4.69) is 10.1 Å². The van der Waals surface area contributed by atoms with E-state index >= 15 is 0 Å². The van der Waals surface area contributed by atoms with Gasteiger partial charge in [-0.05, 0) is 55.0 Å². The fourth-order valence-corrected chi connectivity index (χ4v) is 3.96. The number of nitrogens with zero attached hydrogens (tertiary/aromatic N) is 3. The third-order valence-corrected chi connectivity index (χ3v) is 6.01. The summed E-state index contributed by atoms with van der Waals surface area (Å²) in [4.78, 5) is 15.7. The summed E-state index contributed by atoms with van der Waals surface area (Å²) < 4.78 is 25.0. The van der Waals surface area contributed by atoms with E-state index in [9.17, 15) is 4.79 Å². The van der Waals surface area contributed by atoms with Crippen LogP contribution in [0, 0.1) is 6.92 Å². The topological polar surface area (TPSA) is 109 Å². The van der Waals surface area contributed by atoms with Crippen molar-refractivity contribution in [3.8, 4) is 34.5 Å². The first kappa shape index (κ1) is 26.3. The van der Waals surface area contributed by atoms with Gasteiger partial charge in [-0.2, -0.15) is 0 Å². The number of benzene rings is 3. The first-order chi connectivity index (χ1) is 19.5. The molecular weight excluding hydrogens is 510 g/mol. The van der Waals surface area contributed by atoms with Gasteiger partial charge in [0, 0.05) is 17.8 Å². The van der Waals surface area contributed by atoms with Crippen LogP contribution in [0.15, 0.2) is 95.6 Å². The highest BCUT2D eigenvalue weighted by Crippen LogP contribution is 2.31. The maximum absolute atomic E-state index is 11.1. The summed E-state index contributed by atoms with van der Waals surface area (Å²) in [7, 11) is 1.57. The molecule has 0 bridgehead atoms.